The minimum atomic E-state index is -0.0518. The molecular weight excluding hydrogens is 332 g/mol. The summed E-state index contributed by atoms with van der Waals surface area (Å²) in [6.45, 7) is 0.232. The van der Waals surface area contributed by atoms with E-state index in [9.17, 15) is 4.79 Å². The van der Waals surface area contributed by atoms with Gasteiger partial charge in [0.2, 0.25) is 0 Å². The number of H-pyrrole nitrogens is 1. The van der Waals surface area contributed by atoms with Gasteiger partial charge in [0.25, 0.3) is 5.56 Å². The van der Waals surface area contributed by atoms with Crippen LogP contribution in [0, 0.1) is 0 Å². The lowest BCUT2D eigenvalue weighted by atomic mass is 9.97. The Kier molecular flexibility index (Phi) is 3.83. The molecule has 1 aromatic carbocycles. The lowest BCUT2D eigenvalue weighted by Crippen LogP contribution is -2.14. The second-order valence-corrected chi connectivity index (χ2v) is 7.17. The molecule has 4 rings (SSSR count). The number of thiophene rings is 1. The Morgan fingerprint density at radius 1 is 1.22 bits per heavy atom. The van der Waals surface area contributed by atoms with Crippen molar-refractivity contribution in [2.75, 3.05) is 0 Å². The van der Waals surface area contributed by atoms with Crippen molar-refractivity contribution in [2.24, 2.45) is 0 Å². The molecule has 6 heteroatoms. The second-order valence-electron chi connectivity index (χ2n) is 5.65. The molecule has 0 radical (unpaired) electrons. The lowest BCUT2D eigenvalue weighted by Gasteiger charge is -2.09. The van der Waals surface area contributed by atoms with Crippen LogP contribution in [0.5, 0.6) is 5.75 Å². The number of nitrogens with one attached hydrogen (secondary N) is 1. The van der Waals surface area contributed by atoms with E-state index >= 15 is 0 Å². The first-order valence-electron chi connectivity index (χ1n) is 7.62. The number of aryl methyl sites for hydroxylation is 2. The summed E-state index contributed by atoms with van der Waals surface area (Å²) in [5, 5.41) is 1.44. The third-order valence-corrected chi connectivity index (χ3v) is 5.50. The highest BCUT2D eigenvalue weighted by Gasteiger charge is 2.19. The normalized spacial score (nSPS) is 14.0. The predicted octanol–water partition coefficient (Wildman–Crippen LogP) is 4.10. The summed E-state index contributed by atoms with van der Waals surface area (Å²) in [6, 6.07) is 7.12. The van der Waals surface area contributed by atoms with Crippen molar-refractivity contribution in [3.63, 3.8) is 0 Å². The van der Waals surface area contributed by atoms with Gasteiger partial charge in [-0.25, -0.2) is 4.98 Å². The molecule has 4 nitrogen and oxygen atoms in total. The van der Waals surface area contributed by atoms with Gasteiger partial charge in [0.05, 0.1) is 5.39 Å². The predicted molar refractivity (Wildman–Crippen MR) is 92.7 cm³/mol. The molecule has 3 aromatic rings. The van der Waals surface area contributed by atoms with Crippen LogP contribution in [0.25, 0.3) is 10.2 Å². The highest BCUT2D eigenvalue weighted by molar-refractivity contribution is 7.18. The zero-order valence-electron chi connectivity index (χ0n) is 12.4. The van der Waals surface area contributed by atoms with Crippen LogP contribution in [-0.4, -0.2) is 9.97 Å². The van der Waals surface area contributed by atoms with E-state index in [-0.39, 0.29) is 12.2 Å². The van der Waals surface area contributed by atoms with E-state index in [0.717, 1.165) is 29.5 Å². The van der Waals surface area contributed by atoms with Crippen LogP contribution >= 0.6 is 22.9 Å². The third-order valence-electron chi connectivity index (χ3n) is 4.06. The third kappa shape index (κ3) is 2.86. The van der Waals surface area contributed by atoms with Crippen LogP contribution in [0.3, 0.4) is 0 Å². The van der Waals surface area contributed by atoms with Crippen LogP contribution in [0.15, 0.2) is 29.1 Å². The van der Waals surface area contributed by atoms with Gasteiger partial charge in [-0.3, -0.25) is 4.79 Å². The minimum absolute atomic E-state index is 0.0518. The Bertz CT molecular complexity index is 915. The van der Waals surface area contributed by atoms with Crippen molar-refractivity contribution >= 4 is 33.2 Å². The molecule has 118 valence electrons. The standard InChI is InChI=1S/C17H15ClN2O2S/c18-10-5-7-11(8-6-10)22-9-14-19-16(21)15-12-3-1-2-4-13(12)23-17(15)20-14/h5-8H,1-4,9H2,(H,19,20,21). The van der Waals surface area contributed by atoms with Crippen LogP contribution < -0.4 is 10.3 Å². The van der Waals surface area contributed by atoms with Gasteiger partial charge in [-0.1, -0.05) is 11.6 Å². The van der Waals surface area contributed by atoms with Gasteiger partial charge in [-0.05, 0) is 55.5 Å². The molecular formula is C17H15ClN2O2S. The Balaban J connectivity index is 1.63. The molecule has 0 atom stereocenters. The SMILES string of the molecule is O=c1[nH]c(COc2ccc(Cl)cc2)nc2sc3c(c12)CCCC3. The van der Waals surface area contributed by atoms with Crippen molar-refractivity contribution in [3.05, 3.63) is 55.9 Å². The highest BCUT2D eigenvalue weighted by Crippen LogP contribution is 2.33. The van der Waals surface area contributed by atoms with Gasteiger partial charge >= 0.3 is 0 Å². The van der Waals surface area contributed by atoms with E-state index in [0.29, 0.717) is 16.6 Å². The van der Waals surface area contributed by atoms with Crippen LogP contribution in [0.1, 0.15) is 29.1 Å². The molecule has 0 spiro atoms. The van der Waals surface area contributed by atoms with Crippen molar-refractivity contribution in [2.45, 2.75) is 32.3 Å². The minimum Gasteiger partial charge on any atom is -0.486 e. The summed E-state index contributed by atoms with van der Waals surface area (Å²) in [7, 11) is 0. The van der Waals surface area contributed by atoms with Crippen molar-refractivity contribution in [1.82, 2.24) is 9.97 Å². The number of aromatic nitrogens is 2. The number of aromatic amines is 1. The number of ether oxygens (including phenoxy) is 1. The maximum Gasteiger partial charge on any atom is 0.260 e. The number of rotatable bonds is 3. The maximum atomic E-state index is 12.4. The fraction of sp³-hybridized carbons (Fsp3) is 0.294. The summed E-state index contributed by atoms with van der Waals surface area (Å²) >= 11 is 7.50. The molecule has 0 saturated carbocycles. The summed E-state index contributed by atoms with van der Waals surface area (Å²) < 4.78 is 5.67. The molecule has 0 amide bonds. The Morgan fingerprint density at radius 3 is 2.83 bits per heavy atom. The first-order chi connectivity index (χ1) is 11.2. The molecule has 2 heterocycles. The van der Waals surface area contributed by atoms with E-state index in [1.165, 1.54) is 16.9 Å². The number of halogens is 1. The molecule has 0 bridgehead atoms. The van der Waals surface area contributed by atoms with Gasteiger partial charge in [-0.15, -0.1) is 11.3 Å². The first kappa shape index (κ1) is 14.7. The number of nitrogens with zero attached hydrogens (tertiary/aromatic N) is 1. The smallest absolute Gasteiger partial charge is 0.260 e. The number of hydrogen-bond donors (Lipinski definition) is 1. The van der Waals surface area contributed by atoms with Crippen molar-refractivity contribution in [3.8, 4) is 5.75 Å². The highest BCUT2D eigenvalue weighted by atomic mass is 35.5. The molecule has 0 saturated heterocycles. The fourth-order valence-electron chi connectivity index (χ4n) is 2.96. The van der Waals surface area contributed by atoms with Gasteiger partial charge < -0.3 is 9.72 Å². The van der Waals surface area contributed by atoms with Crippen LogP contribution in [0.4, 0.5) is 0 Å². The molecule has 0 fully saturated rings. The number of fused-ring (bicyclic) bond motifs is 3. The van der Waals surface area contributed by atoms with E-state index in [2.05, 4.69) is 9.97 Å². The zero-order valence-corrected chi connectivity index (χ0v) is 14.0. The topological polar surface area (TPSA) is 55.0 Å². The summed E-state index contributed by atoms with van der Waals surface area (Å²) in [5.74, 6) is 1.25. The lowest BCUT2D eigenvalue weighted by molar-refractivity contribution is 0.296. The fourth-order valence-corrected chi connectivity index (χ4v) is 4.37. The zero-order chi connectivity index (χ0) is 15.8. The quantitative estimate of drug-likeness (QED) is 0.777. The van der Waals surface area contributed by atoms with Crippen molar-refractivity contribution < 1.29 is 4.74 Å². The maximum absolute atomic E-state index is 12.4. The molecule has 1 aliphatic rings. The van der Waals surface area contributed by atoms with Crippen molar-refractivity contribution in [1.29, 1.82) is 0 Å². The van der Waals surface area contributed by atoms with Crippen LogP contribution in [0.2, 0.25) is 5.02 Å². The summed E-state index contributed by atoms with van der Waals surface area (Å²) in [6.07, 6.45) is 4.40. The van der Waals surface area contributed by atoms with E-state index < -0.39 is 0 Å². The largest absolute Gasteiger partial charge is 0.486 e. The monoisotopic (exact) mass is 346 g/mol. The van der Waals surface area contributed by atoms with E-state index in [4.69, 9.17) is 16.3 Å². The molecule has 1 aliphatic carbocycles. The van der Waals surface area contributed by atoms with Gasteiger partial charge in [0.15, 0.2) is 0 Å². The Morgan fingerprint density at radius 2 is 2.00 bits per heavy atom. The van der Waals surface area contributed by atoms with E-state index in [1.807, 2.05) is 0 Å². The first-order valence-corrected chi connectivity index (χ1v) is 8.82. The molecule has 1 N–H and O–H groups in total. The van der Waals surface area contributed by atoms with Gasteiger partial charge in [0, 0.05) is 9.90 Å². The second kappa shape index (κ2) is 5.98. The molecule has 23 heavy (non-hydrogen) atoms. The average molecular weight is 347 g/mol. The number of benzene rings is 1. The van der Waals surface area contributed by atoms with Crippen LogP contribution in [-0.2, 0) is 19.4 Å². The molecule has 2 aromatic heterocycles. The van der Waals surface area contributed by atoms with Gasteiger partial charge in [-0.2, -0.15) is 0 Å². The molecule has 0 aliphatic heterocycles. The van der Waals surface area contributed by atoms with E-state index in [1.54, 1.807) is 35.6 Å². The Labute approximate surface area is 142 Å². The molecule has 0 unspecified atom stereocenters. The number of hydrogen-bond acceptors (Lipinski definition) is 4. The Hall–Kier alpha value is -1.85. The van der Waals surface area contributed by atoms with Gasteiger partial charge in [0.1, 0.15) is 23.0 Å². The average Bonchev–Trinajstić information content (AvgIpc) is 2.93. The summed E-state index contributed by atoms with van der Waals surface area (Å²) in [4.78, 5) is 22.0. The summed E-state index contributed by atoms with van der Waals surface area (Å²) in [5.41, 5.74) is 1.15.